The Kier molecular flexibility index (Phi) is 2.89. The highest BCUT2D eigenvalue weighted by molar-refractivity contribution is 5.94. The van der Waals surface area contributed by atoms with Crippen molar-refractivity contribution in [3.63, 3.8) is 0 Å². The van der Waals surface area contributed by atoms with Crippen molar-refractivity contribution < 1.29 is 9.47 Å². The smallest absolute Gasteiger partial charge is 0.292 e. The molecule has 0 saturated carbocycles. The standard InChI is InChI=1S/C13H16N4O2/c1-9-4-5-12(8-15)11(6-9,7-14)10(16)17-13(12,18-2)19-3/h4H,5-6H2,1-3H3,(H2,16,17)/t11-,12+/m1/s1. The Balaban J connectivity index is 2.77. The molecule has 0 unspecified atom stereocenters. The van der Waals surface area contributed by atoms with Gasteiger partial charge in [-0.3, -0.25) is 0 Å². The van der Waals surface area contributed by atoms with Gasteiger partial charge >= 0.3 is 0 Å². The number of hydrogen-bond donors (Lipinski definition) is 1. The zero-order valence-corrected chi connectivity index (χ0v) is 11.2. The van der Waals surface area contributed by atoms with E-state index in [1.54, 1.807) is 0 Å². The number of amidine groups is 1. The van der Waals surface area contributed by atoms with Crippen molar-refractivity contribution in [2.24, 2.45) is 21.6 Å². The van der Waals surface area contributed by atoms with E-state index in [1.807, 2.05) is 13.0 Å². The summed E-state index contributed by atoms with van der Waals surface area (Å²) in [6.45, 7) is 1.91. The molecular formula is C13H16N4O2. The number of hydrogen-bond acceptors (Lipinski definition) is 6. The lowest BCUT2D eigenvalue weighted by atomic mass is 9.57. The van der Waals surface area contributed by atoms with Crippen molar-refractivity contribution in [2.45, 2.75) is 25.7 Å². The Labute approximate surface area is 112 Å². The summed E-state index contributed by atoms with van der Waals surface area (Å²) in [6.07, 6.45) is 2.59. The number of nitrogens with zero attached hydrogens (tertiary/aromatic N) is 3. The number of nitriles is 2. The Hall–Kier alpha value is -1.89. The zero-order chi connectivity index (χ0) is 14.3. The number of nitrogens with two attached hydrogens (primary N) is 1. The van der Waals surface area contributed by atoms with E-state index in [1.165, 1.54) is 14.2 Å². The molecule has 0 radical (unpaired) electrons. The fourth-order valence-electron chi connectivity index (χ4n) is 3.13. The predicted octanol–water partition coefficient (Wildman–Crippen LogP) is 1.06. The molecule has 0 bridgehead atoms. The van der Waals surface area contributed by atoms with Gasteiger partial charge in [-0.05, 0) is 19.8 Å². The van der Waals surface area contributed by atoms with Crippen LogP contribution >= 0.6 is 0 Å². The van der Waals surface area contributed by atoms with E-state index in [0.717, 1.165) is 5.57 Å². The van der Waals surface area contributed by atoms with Crippen molar-refractivity contribution >= 4 is 5.84 Å². The molecule has 19 heavy (non-hydrogen) atoms. The lowest BCUT2D eigenvalue weighted by Gasteiger charge is -2.44. The summed E-state index contributed by atoms with van der Waals surface area (Å²) in [6, 6.07) is 4.40. The van der Waals surface area contributed by atoms with Gasteiger partial charge in [0.15, 0.2) is 5.41 Å². The molecule has 0 amide bonds. The molecule has 0 aromatic rings. The number of methoxy groups -OCH3 is 2. The maximum atomic E-state index is 9.73. The molecule has 6 nitrogen and oxygen atoms in total. The van der Waals surface area contributed by atoms with Crippen molar-refractivity contribution in [1.29, 1.82) is 10.5 Å². The summed E-state index contributed by atoms with van der Waals surface area (Å²) in [5, 5.41) is 19.4. The van der Waals surface area contributed by atoms with E-state index in [0.29, 0.717) is 12.8 Å². The van der Waals surface area contributed by atoms with Crippen LogP contribution in [0, 0.1) is 33.5 Å². The average Bonchev–Trinajstić information content (AvgIpc) is 2.65. The van der Waals surface area contributed by atoms with Gasteiger partial charge in [-0.25, -0.2) is 4.99 Å². The molecule has 0 saturated heterocycles. The third-order valence-electron chi connectivity index (χ3n) is 4.21. The van der Waals surface area contributed by atoms with Gasteiger partial charge in [-0.2, -0.15) is 10.5 Å². The van der Waals surface area contributed by atoms with Gasteiger partial charge in [0.2, 0.25) is 0 Å². The van der Waals surface area contributed by atoms with Crippen LogP contribution in [0.15, 0.2) is 16.6 Å². The minimum atomic E-state index is -1.53. The first-order chi connectivity index (χ1) is 8.97. The van der Waals surface area contributed by atoms with E-state index in [4.69, 9.17) is 15.2 Å². The van der Waals surface area contributed by atoms with Crippen molar-refractivity contribution in [3.8, 4) is 12.1 Å². The van der Waals surface area contributed by atoms with Crippen LogP contribution in [0.3, 0.4) is 0 Å². The molecule has 2 aliphatic rings. The van der Waals surface area contributed by atoms with Gasteiger partial charge < -0.3 is 15.2 Å². The van der Waals surface area contributed by atoms with E-state index in [9.17, 15) is 10.5 Å². The second kappa shape index (κ2) is 4.06. The highest BCUT2D eigenvalue weighted by Gasteiger charge is 2.73. The van der Waals surface area contributed by atoms with Gasteiger partial charge in [-0.15, -0.1) is 0 Å². The fraction of sp³-hybridized carbons (Fsp3) is 0.615. The highest BCUT2D eigenvalue weighted by Crippen LogP contribution is 2.61. The molecule has 1 heterocycles. The highest BCUT2D eigenvalue weighted by atomic mass is 16.7. The van der Waals surface area contributed by atoms with Crippen molar-refractivity contribution in [2.75, 3.05) is 14.2 Å². The third kappa shape index (κ3) is 1.28. The molecular weight excluding hydrogens is 244 g/mol. The predicted molar refractivity (Wildman–Crippen MR) is 67.5 cm³/mol. The number of allylic oxidation sites excluding steroid dienone is 2. The molecule has 6 heteroatoms. The van der Waals surface area contributed by atoms with Crippen LogP contribution in [0.4, 0.5) is 0 Å². The Morgan fingerprint density at radius 2 is 1.95 bits per heavy atom. The molecule has 2 atom stereocenters. The Bertz CT molecular complexity index is 550. The molecule has 0 aromatic heterocycles. The quantitative estimate of drug-likeness (QED) is 0.590. The number of rotatable bonds is 2. The monoisotopic (exact) mass is 260 g/mol. The Morgan fingerprint density at radius 1 is 1.32 bits per heavy atom. The first-order valence-corrected chi connectivity index (χ1v) is 5.92. The van der Waals surface area contributed by atoms with Gasteiger partial charge in [0.25, 0.3) is 5.91 Å². The summed E-state index contributed by atoms with van der Waals surface area (Å²) in [5.74, 6) is -1.42. The zero-order valence-electron chi connectivity index (χ0n) is 11.2. The van der Waals surface area contributed by atoms with Crippen LogP contribution in [0.5, 0.6) is 0 Å². The largest absolute Gasteiger partial charge is 0.386 e. The van der Waals surface area contributed by atoms with Crippen LogP contribution in [0.2, 0.25) is 0 Å². The summed E-state index contributed by atoms with van der Waals surface area (Å²) in [5.41, 5.74) is 4.52. The summed E-state index contributed by atoms with van der Waals surface area (Å²) < 4.78 is 10.7. The number of aliphatic imine (C=N–C) groups is 1. The van der Waals surface area contributed by atoms with Gasteiger partial charge in [0, 0.05) is 14.2 Å². The lowest BCUT2D eigenvalue weighted by Crippen LogP contribution is -2.57. The van der Waals surface area contributed by atoms with E-state index >= 15 is 0 Å². The van der Waals surface area contributed by atoms with Crippen molar-refractivity contribution in [1.82, 2.24) is 0 Å². The fourth-order valence-corrected chi connectivity index (χ4v) is 3.13. The minimum Gasteiger partial charge on any atom is -0.386 e. The van der Waals surface area contributed by atoms with Crippen LogP contribution in [-0.4, -0.2) is 26.0 Å². The van der Waals surface area contributed by atoms with Crippen LogP contribution < -0.4 is 5.73 Å². The minimum absolute atomic E-state index is 0.104. The lowest BCUT2D eigenvalue weighted by molar-refractivity contribution is -0.260. The van der Waals surface area contributed by atoms with Crippen molar-refractivity contribution in [3.05, 3.63) is 11.6 Å². The molecule has 2 N–H and O–H groups in total. The molecule has 1 aliphatic heterocycles. The van der Waals surface area contributed by atoms with Gasteiger partial charge in [0.1, 0.15) is 11.3 Å². The van der Waals surface area contributed by atoms with Crippen LogP contribution in [-0.2, 0) is 9.47 Å². The number of ether oxygens (including phenoxy) is 2. The SMILES string of the molecule is COC1(OC)N=C(N)[C@]2(C#N)CC(C)=CC[C@@]12C#N. The second-order valence-electron chi connectivity index (χ2n) is 4.95. The van der Waals surface area contributed by atoms with Gasteiger partial charge in [0.05, 0.1) is 12.1 Å². The molecule has 0 spiro atoms. The molecule has 2 rings (SSSR count). The first-order valence-electron chi connectivity index (χ1n) is 5.92. The van der Waals surface area contributed by atoms with E-state index in [-0.39, 0.29) is 5.84 Å². The second-order valence-corrected chi connectivity index (χ2v) is 4.95. The molecule has 100 valence electrons. The summed E-state index contributed by atoms with van der Waals surface area (Å²) in [4.78, 5) is 4.19. The van der Waals surface area contributed by atoms with Crippen LogP contribution in [0.25, 0.3) is 0 Å². The van der Waals surface area contributed by atoms with E-state index in [2.05, 4.69) is 17.1 Å². The Morgan fingerprint density at radius 3 is 2.42 bits per heavy atom. The summed E-state index contributed by atoms with van der Waals surface area (Å²) in [7, 11) is 2.80. The molecule has 0 fully saturated rings. The average molecular weight is 260 g/mol. The topological polar surface area (TPSA) is 104 Å². The maximum Gasteiger partial charge on any atom is 0.292 e. The number of fused-ring (bicyclic) bond motifs is 1. The maximum absolute atomic E-state index is 9.73. The molecule has 1 aliphatic carbocycles. The third-order valence-corrected chi connectivity index (χ3v) is 4.21. The van der Waals surface area contributed by atoms with E-state index < -0.39 is 16.7 Å². The summed E-state index contributed by atoms with van der Waals surface area (Å²) >= 11 is 0. The molecule has 0 aromatic carbocycles. The normalized spacial score (nSPS) is 35.6. The van der Waals surface area contributed by atoms with Gasteiger partial charge in [-0.1, -0.05) is 11.6 Å². The first kappa shape index (κ1) is 13.5. The van der Waals surface area contributed by atoms with Crippen LogP contribution in [0.1, 0.15) is 19.8 Å².